The summed E-state index contributed by atoms with van der Waals surface area (Å²) in [5, 5.41) is 29.3. The van der Waals surface area contributed by atoms with Gasteiger partial charge in [-0.2, -0.15) is 0 Å². The zero-order valence-corrected chi connectivity index (χ0v) is 38.8. The fraction of sp³-hybridized carbons (Fsp3) is 0.549. The number of carbonyl (C=O) groups excluding carboxylic acids is 4. The fourth-order valence-electron chi connectivity index (χ4n) is 12.0. The molecule has 3 unspecified atom stereocenters. The summed E-state index contributed by atoms with van der Waals surface area (Å²) in [7, 11) is 0. The number of hydrogen-bond donors (Lipinski definition) is 3. The highest BCUT2D eigenvalue weighted by molar-refractivity contribution is 5.95. The Morgan fingerprint density at radius 2 is 1.61 bits per heavy atom. The van der Waals surface area contributed by atoms with Crippen molar-refractivity contribution in [3.8, 4) is 0 Å². The lowest BCUT2D eigenvalue weighted by Crippen LogP contribution is -2.79. The zero-order valence-electron chi connectivity index (χ0n) is 38.8. The normalized spacial score (nSPS) is 34.5. The molecule has 2 aromatic carbocycles. The number of nitrogens with one attached hydrogen (secondary N) is 1. The van der Waals surface area contributed by atoms with Crippen LogP contribution in [0.25, 0.3) is 0 Å². The number of carbonyl (C=O) groups is 4. The third-order valence-corrected chi connectivity index (χ3v) is 15.6. The van der Waals surface area contributed by atoms with E-state index >= 15 is 0 Å². The molecule has 0 spiro atoms. The van der Waals surface area contributed by atoms with Gasteiger partial charge in [-0.15, -0.1) is 0 Å². The molecule has 1 amide bonds. The Kier molecular flexibility index (Phi) is 12.5. The summed E-state index contributed by atoms with van der Waals surface area (Å²) >= 11 is 0. The molecule has 4 heterocycles. The number of aliphatic hydroxyl groups is 2. The zero-order chi connectivity index (χ0) is 47.5. The van der Waals surface area contributed by atoms with E-state index in [2.05, 4.69) is 15.2 Å². The number of pyridine rings is 1. The average Bonchev–Trinajstić information content (AvgIpc) is 3.72. The Morgan fingerprint density at radius 1 is 0.940 bits per heavy atom. The molecule has 5 fully saturated rings. The van der Waals surface area contributed by atoms with Gasteiger partial charge in [0.1, 0.15) is 36.1 Å². The maximum atomic E-state index is 14.9. The number of benzene rings is 2. The summed E-state index contributed by atoms with van der Waals surface area (Å²) < 4.78 is 45.6. The number of aromatic nitrogens is 1. The monoisotopic (exact) mass is 923 g/mol. The fourth-order valence-corrected chi connectivity index (χ4v) is 12.0. The van der Waals surface area contributed by atoms with Gasteiger partial charge in [0.2, 0.25) is 0 Å². The molecule has 3 N–H and O–H groups in total. The first kappa shape index (κ1) is 47.0. The molecule has 16 heteroatoms. The van der Waals surface area contributed by atoms with Gasteiger partial charge in [0.05, 0.1) is 43.1 Å². The number of ether oxygens (including phenoxy) is 7. The van der Waals surface area contributed by atoms with Crippen molar-refractivity contribution < 1.29 is 62.5 Å². The Bertz CT molecular complexity index is 2380. The van der Waals surface area contributed by atoms with Gasteiger partial charge < -0.3 is 48.7 Å². The molecule has 3 aliphatic carbocycles. The van der Waals surface area contributed by atoms with Crippen LogP contribution in [0.5, 0.6) is 0 Å². The Morgan fingerprint density at radius 3 is 2.24 bits per heavy atom. The second kappa shape index (κ2) is 17.8. The summed E-state index contributed by atoms with van der Waals surface area (Å²) in [4.78, 5) is 63.0. The molecule has 3 saturated heterocycles. The number of esters is 3. The predicted molar refractivity (Wildman–Crippen MR) is 239 cm³/mol. The van der Waals surface area contributed by atoms with Crippen LogP contribution in [0.15, 0.2) is 96.2 Å². The van der Waals surface area contributed by atoms with E-state index in [9.17, 15) is 29.4 Å². The number of rotatable bonds is 11. The topological polar surface area (TPSA) is 202 Å². The molecule has 9 rings (SSSR count). The lowest BCUT2D eigenvalue weighted by atomic mass is 9.45. The van der Waals surface area contributed by atoms with Crippen molar-refractivity contribution in [3.05, 3.63) is 113 Å². The number of fused-ring (bicyclic) bond motifs is 8. The van der Waals surface area contributed by atoms with E-state index in [1.807, 2.05) is 27.7 Å². The van der Waals surface area contributed by atoms with Gasteiger partial charge in [-0.1, -0.05) is 63.2 Å². The molecule has 3 aromatic rings. The summed E-state index contributed by atoms with van der Waals surface area (Å²) in [6, 6.07) is 20.4. The van der Waals surface area contributed by atoms with Gasteiger partial charge in [-0.3, -0.25) is 19.5 Å². The first-order valence-electron chi connectivity index (χ1n) is 23.2. The van der Waals surface area contributed by atoms with Crippen LogP contribution in [0.2, 0.25) is 0 Å². The number of morpholine rings is 1. The molecule has 358 valence electrons. The smallest absolute Gasteiger partial charge is 0.341 e. The van der Waals surface area contributed by atoms with Gasteiger partial charge in [0, 0.05) is 55.6 Å². The standard InChI is InChI=1S/C51H61N3O13/c1-30-35(63-46(58)49(6,59)41(34-19-13-14-22-52-34)53-44(56)32-15-9-7-10-16-32)27-51(60)43(66-45(57)33-17-11-8-12-18-33)40-48(5,21-20-36-50(40,29-62-36)67-31(2)55)42-39(38(30)47(51,3)4)64-37(65-42)28-54-23-25-61-26-24-54/h7-19,22,35-37,39-43,59-60H,20-21,23-29H2,1-6H3,(H,53,56)/t35-,36+,37+,39?,40?,41+,42?,43-,48+,49+,50-,51+/m0/s1. The van der Waals surface area contributed by atoms with E-state index in [-0.39, 0.29) is 24.3 Å². The van der Waals surface area contributed by atoms with Crippen molar-refractivity contribution in [2.75, 3.05) is 39.5 Å². The van der Waals surface area contributed by atoms with Crippen LogP contribution >= 0.6 is 0 Å². The van der Waals surface area contributed by atoms with Crippen molar-refractivity contribution in [1.29, 1.82) is 0 Å². The molecule has 3 aliphatic heterocycles. The minimum atomic E-state index is -2.43. The summed E-state index contributed by atoms with van der Waals surface area (Å²) in [6.45, 7) is 13.0. The number of nitrogens with zero attached hydrogens (tertiary/aromatic N) is 2. The van der Waals surface area contributed by atoms with Crippen LogP contribution in [0.1, 0.15) is 93.3 Å². The van der Waals surface area contributed by atoms with Crippen molar-refractivity contribution in [1.82, 2.24) is 15.2 Å². The lowest BCUT2D eigenvalue weighted by Gasteiger charge is -2.68. The van der Waals surface area contributed by atoms with Crippen LogP contribution in [0.4, 0.5) is 0 Å². The Labute approximate surface area is 390 Å². The number of amides is 1. The predicted octanol–water partition coefficient (Wildman–Crippen LogP) is 4.49. The molecule has 1 aromatic heterocycles. The summed E-state index contributed by atoms with van der Waals surface area (Å²) in [6.07, 6.45) is -3.54. The first-order valence-corrected chi connectivity index (χ1v) is 23.2. The van der Waals surface area contributed by atoms with Crippen LogP contribution in [-0.4, -0.2) is 137 Å². The molecule has 67 heavy (non-hydrogen) atoms. The quantitative estimate of drug-likeness (QED) is 0.138. The molecular formula is C51H61N3O13. The largest absolute Gasteiger partial charge is 0.456 e. The third kappa shape index (κ3) is 8.07. The molecule has 6 aliphatic rings. The minimum absolute atomic E-state index is 0.0323. The maximum Gasteiger partial charge on any atom is 0.341 e. The number of hydrogen-bond acceptors (Lipinski definition) is 15. The maximum absolute atomic E-state index is 14.9. The highest BCUT2D eigenvalue weighted by Gasteiger charge is 2.77. The average molecular weight is 924 g/mol. The van der Waals surface area contributed by atoms with Crippen LogP contribution in [0.3, 0.4) is 0 Å². The van der Waals surface area contributed by atoms with Gasteiger partial charge in [-0.05, 0) is 74.2 Å². The van der Waals surface area contributed by atoms with Crippen LogP contribution in [0, 0.1) is 16.7 Å². The van der Waals surface area contributed by atoms with E-state index in [0.717, 1.165) is 0 Å². The molecule has 0 radical (unpaired) electrons. The SMILES string of the molecule is CC(=O)O[C@@]12CO[C@@H]1CC[C@@]1(C)C3O[C@H](CN4CCOCC4)OC3C3=C(C)[C@@H](OC(=O)[C@](C)(O)[C@H](NC(=O)c4ccccc4)c4ccccn4)C[C@@](O)([C@@H](OC(=O)c4ccccc4)C12)C3(C)C. The van der Waals surface area contributed by atoms with E-state index < -0.39 is 100 Å². The van der Waals surface area contributed by atoms with Crippen molar-refractivity contribution in [2.24, 2.45) is 16.7 Å². The highest BCUT2D eigenvalue weighted by Crippen LogP contribution is 2.66. The minimum Gasteiger partial charge on any atom is -0.456 e. The van der Waals surface area contributed by atoms with Crippen molar-refractivity contribution in [3.63, 3.8) is 0 Å². The summed E-state index contributed by atoms with van der Waals surface area (Å²) in [5.74, 6) is -3.92. The molecule has 16 nitrogen and oxygen atoms in total. The van der Waals surface area contributed by atoms with Gasteiger partial charge >= 0.3 is 17.9 Å². The Balaban J connectivity index is 1.18. The van der Waals surface area contributed by atoms with E-state index in [4.69, 9.17) is 33.2 Å². The van der Waals surface area contributed by atoms with Gasteiger partial charge in [0.25, 0.3) is 5.91 Å². The molecule has 2 bridgehead atoms. The van der Waals surface area contributed by atoms with E-state index in [0.29, 0.717) is 62.4 Å². The lowest BCUT2D eigenvalue weighted by molar-refractivity contribution is -0.345. The first-order chi connectivity index (χ1) is 31.9. The Hall–Kier alpha value is -5.07. The summed E-state index contributed by atoms with van der Waals surface area (Å²) in [5.41, 5.74) is -6.33. The molecule has 2 saturated carbocycles. The molecule has 12 atom stereocenters. The second-order valence-electron chi connectivity index (χ2n) is 19.9. The van der Waals surface area contributed by atoms with Crippen molar-refractivity contribution >= 4 is 23.8 Å². The van der Waals surface area contributed by atoms with Crippen molar-refractivity contribution in [2.45, 2.75) is 120 Å². The van der Waals surface area contributed by atoms with Crippen LogP contribution in [-0.2, 0) is 42.7 Å². The highest BCUT2D eigenvalue weighted by atomic mass is 16.7. The van der Waals surface area contributed by atoms with Crippen LogP contribution < -0.4 is 5.32 Å². The van der Waals surface area contributed by atoms with E-state index in [1.54, 1.807) is 78.9 Å². The molecular weight excluding hydrogens is 863 g/mol. The van der Waals surface area contributed by atoms with E-state index in [1.165, 1.54) is 20.0 Å². The van der Waals surface area contributed by atoms with Gasteiger partial charge in [0.15, 0.2) is 17.5 Å². The second-order valence-corrected chi connectivity index (χ2v) is 19.9. The van der Waals surface area contributed by atoms with Gasteiger partial charge in [-0.25, -0.2) is 9.59 Å². The third-order valence-electron chi connectivity index (χ3n) is 15.6.